The van der Waals surface area contributed by atoms with Crippen LogP contribution in [0.25, 0.3) is 11.1 Å². The van der Waals surface area contributed by atoms with Crippen molar-refractivity contribution in [1.29, 1.82) is 0 Å². The number of aliphatic carboxylic acids is 1. The van der Waals surface area contributed by atoms with Gasteiger partial charge in [-0.15, -0.1) is 0 Å². The zero-order valence-electron chi connectivity index (χ0n) is 19.8. The molecule has 1 unspecified atom stereocenters. The molecule has 5 nitrogen and oxygen atoms in total. The fraction of sp³-hybridized carbons (Fsp3) is 0.161. The molecule has 36 heavy (non-hydrogen) atoms. The van der Waals surface area contributed by atoms with E-state index < -0.39 is 17.5 Å². The molecule has 1 aliphatic rings. The van der Waals surface area contributed by atoms with Gasteiger partial charge >= 0.3 is 5.97 Å². The third-order valence-electron chi connectivity index (χ3n) is 6.66. The molecule has 1 atom stereocenters. The fourth-order valence-corrected chi connectivity index (χ4v) is 4.42. The van der Waals surface area contributed by atoms with E-state index in [4.69, 9.17) is 4.74 Å². The number of hydrogen-bond acceptors (Lipinski definition) is 3. The predicted octanol–water partition coefficient (Wildman–Crippen LogP) is 6.10. The van der Waals surface area contributed by atoms with E-state index in [0.29, 0.717) is 5.75 Å². The van der Waals surface area contributed by atoms with Crippen molar-refractivity contribution in [3.05, 3.63) is 120 Å². The second kappa shape index (κ2) is 10.1. The van der Waals surface area contributed by atoms with Crippen LogP contribution in [0.5, 0.6) is 5.75 Å². The minimum atomic E-state index is -0.999. The van der Waals surface area contributed by atoms with Gasteiger partial charge in [-0.1, -0.05) is 84.9 Å². The Bertz CT molecular complexity index is 1330. The van der Waals surface area contributed by atoms with Gasteiger partial charge in [0.05, 0.1) is 5.41 Å². The number of amides is 1. The maximum Gasteiger partial charge on any atom is 0.345 e. The summed E-state index contributed by atoms with van der Waals surface area (Å²) in [6.45, 7) is 0. The van der Waals surface area contributed by atoms with Crippen LogP contribution in [0.15, 0.2) is 109 Å². The van der Waals surface area contributed by atoms with Crippen LogP contribution in [-0.2, 0) is 21.4 Å². The Balaban J connectivity index is 1.22. The molecule has 5 heteroatoms. The van der Waals surface area contributed by atoms with Crippen LogP contribution < -0.4 is 10.1 Å². The third kappa shape index (κ3) is 5.15. The summed E-state index contributed by atoms with van der Waals surface area (Å²) in [4.78, 5) is 24.7. The number of carbonyl (C=O) groups is 2. The topological polar surface area (TPSA) is 75.6 Å². The van der Waals surface area contributed by atoms with Crippen LogP contribution in [0.1, 0.15) is 24.0 Å². The lowest BCUT2D eigenvalue weighted by molar-refractivity contribution is -0.145. The van der Waals surface area contributed by atoms with Gasteiger partial charge in [0, 0.05) is 12.1 Å². The first-order valence-corrected chi connectivity index (χ1v) is 12.0. The van der Waals surface area contributed by atoms with E-state index in [1.807, 2.05) is 97.1 Å². The molecule has 1 fully saturated rings. The van der Waals surface area contributed by atoms with E-state index >= 15 is 0 Å². The number of anilines is 1. The van der Waals surface area contributed by atoms with Gasteiger partial charge in [-0.25, -0.2) is 4.79 Å². The average Bonchev–Trinajstić information content (AvgIpc) is 3.73. The Labute approximate surface area is 210 Å². The molecule has 0 heterocycles. The average molecular weight is 478 g/mol. The lowest BCUT2D eigenvalue weighted by Crippen LogP contribution is -2.29. The van der Waals surface area contributed by atoms with Crippen molar-refractivity contribution in [2.45, 2.75) is 30.8 Å². The lowest BCUT2D eigenvalue weighted by Gasteiger charge is -2.16. The molecular formula is C31H27NO4. The summed E-state index contributed by atoms with van der Waals surface area (Å²) in [6, 6.07) is 34.5. The van der Waals surface area contributed by atoms with Crippen LogP contribution in [0.3, 0.4) is 0 Å². The highest BCUT2D eigenvalue weighted by molar-refractivity contribution is 6.01. The van der Waals surface area contributed by atoms with E-state index in [2.05, 4.69) is 5.32 Å². The highest BCUT2D eigenvalue weighted by Gasteiger charge is 2.51. The summed E-state index contributed by atoms with van der Waals surface area (Å²) in [7, 11) is 0. The van der Waals surface area contributed by atoms with Crippen LogP contribution in [0.2, 0.25) is 0 Å². The van der Waals surface area contributed by atoms with E-state index in [1.54, 1.807) is 12.1 Å². The van der Waals surface area contributed by atoms with Gasteiger partial charge in [0.1, 0.15) is 5.75 Å². The van der Waals surface area contributed by atoms with E-state index in [1.165, 1.54) is 0 Å². The fourth-order valence-electron chi connectivity index (χ4n) is 4.42. The molecule has 5 rings (SSSR count). The Morgan fingerprint density at radius 3 is 1.89 bits per heavy atom. The molecule has 1 amide bonds. The molecule has 4 aromatic rings. The maximum absolute atomic E-state index is 13.0. The molecule has 0 spiro atoms. The highest BCUT2D eigenvalue weighted by Crippen LogP contribution is 2.49. The van der Waals surface area contributed by atoms with Crippen LogP contribution >= 0.6 is 0 Å². The molecule has 180 valence electrons. The number of benzene rings is 4. The highest BCUT2D eigenvalue weighted by atomic mass is 16.5. The summed E-state index contributed by atoms with van der Waals surface area (Å²) in [5.74, 6) is -0.464. The smallest absolute Gasteiger partial charge is 0.345 e. The number of carboxylic acid groups (broad SMARTS) is 1. The monoisotopic (exact) mass is 477 g/mol. The van der Waals surface area contributed by atoms with Crippen molar-refractivity contribution in [3.63, 3.8) is 0 Å². The molecule has 0 radical (unpaired) electrons. The van der Waals surface area contributed by atoms with Crippen molar-refractivity contribution in [2.75, 3.05) is 5.32 Å². The number of nitrogens with one attached hydrogen (secondary N) is 1. The van der Waals surface area contributed by atoms with Gasteiger partial charge < -0.3 is 15.2 Å². The van der Waals surface area contributed by atoms with E-state index in [9.17, 15) is 14.7 Å². The van der Waals surface area contributed by atoms with Crippen molar-refractivity contribution < 1.29 is 19.4 Å². The van der Waals surface area contributed by atoms with Gasteiger partial charge in [-0.05, 0) is 59.4 Å². The first-order chi connectivity index (χ1) is 17.5. The number of hydrogen-bond donors (Lipinski definition) is 2. The SMILES string of the molecule is O=C(O)C(Cc1ccccc1)Oc1ccc(-c2ccc(NC(=O)C3(c4ccccc4)CC3)cc2)cc1. The Kier molecular flexibility index (Phi) is 6.54. The minimum absolute atomic E-state index is 0.0337. The standard InChI is InChI=1S/C31H27NO4/c33-29(34)28(21-22-7-3-1-4-8-22)36-27-17-13-24(14-18-27)23-11-15-26(16-12-23)32-30(35)31(19-20-31)25-9-5-2-6-10-25/h1-18,28H,19-21H2,(H,32,35)(H,33,34). The summed E-state index contributed by atoms with van der Waals surface area (Å²) in [5, 5.41) is 12.6. The molecule has 1 aliphatic carbocycles. The van der Waals surface area contributed by atoms with Crippen LogP contribution in [-0.4, -0.2) is 23.1 Å². The third-order valence-corrected chi connectivity index (χ3v) is 6.66. The summed E-state index contributed by atoms with van der Waals surface area (Å²) < 4.78 is 5.76. The Morgan fingerprint density at radius 2 is 1.33 bits per heavy atom. The Morgan fingerprint density at radius 1 is 0.778 bits per heavy atom. The van der Waals surface area contributed by atoms with E-state index in [0.717, 1.165) is 40.8 Å². The van der Waals surface area contributed by atoms with Gasteiger partial charge in [0.15, 0.2) is 6.10 Å². The number of rotatable bonds is 9. The van der Waals surface area contributed by atoms with Gasteiger partial charge in [0.25, 0.3) is 0 Å². The van der Waals surface area contributed by atoms with Crippen LogP contribution in [0.4, 0.5) is 5.69 Å². The Hall–Kier alpha value is -4.38. The maximum atomic E-state index is 13.0. The van der Waals surface area contributed by atoms with Crippen molar-refractivity contribution in [1.82, 2.24) is 0 Å². The van der Waals surface area contributed by atoms with Crippen molar-refractivity contribution in [2.24, 2.45) is 0 Å². The molecule has 1 saturated carbocycles. The largest absolute Gasteiger partial charge is 0.478 e. The molecule has 2 N–H and O–H groups in total. The number of carbonyl (C=O) groups excluding carboxylic acids is 1. The number of carboxylic acids is 1. The van der Waals surface area contributed by atoms with Crippen molar-refractivity contribution in [3.8, 4) is 16.9 Å². The molecule has 0 saturated heterocycles. The first-order valence-electron chi connectivity index (χ1n) is 12.0. The first kappa shape index (κ1) is 23.4. The van der Waals surface area contributed by atoms with Gasteiger partial charge in [-0.2, -0.15) is 0 Å². The quantitative estimate of drug-likeness (QED) is 0.305. The second-order valence-corrected chi connectivity index (χ2v) is 9.14. The second-order valence-electron chi connectivity index (χ2n) is 9.14. The number of ether oxygens (including phenoxy) is 1. The zero-order valence-corrected chi connectivity index (χ0v) is 19.8. The zero-order chi connectivity index (χ0) is 25.0. The molecule has 0 bridgehead atoms. The van der Waals surface area contributed by atoms with Crippen molar-refractivity contribution >= 4 is 17.6 Å². The molecule has 4 aromatic carbocycles. The van der Waals surface area contributed by atoms with E-state index in [-0.39, 0.29) is 12.3 Å². The predicted molar refractivity (Wildman–Crippen MR) is 140 cm³/mol. The van der Waals surface area contributed by atoms with Gasteiger partial charge in [0.2, 0.25) is 5.91 Å². The molecule has 0 aliphatic heterocycles. The summed E-state index contributed by atoms with van der Waals surface area (Å²) in [6.07, 6.45) is 1.05. The molecular weight excluding hydrogens is 450 g/mol. The summed E-state index contributed by atoms with van der Waals surface area (Å²) in [5.41, 5.74) is 4.28. The minimum Gasteiger partial charge on any atom is -0.478 e. The van der Waals surface area contributed by atoms with Crippen LogP contribution in [0, 0.1) is 0 Å². The summed E-state index contributed by atoms with van der Waals surface area (Å²) >= 11 is 0. The molecule has 0 aromatic heterocycles. The lowest BCUT2D eigenvalue weighted by atomic mass is 9.95. The van der Waals surface area contributed by atoms with Gasteiger partial charge in [-0.3, -0.25) is 4.79 Å². The normalized spacial score (nSPS) is 14.4.